The Hall–Kier alpha value is -1.58. The van der Waals surface area contributed by atoms with Crippen LogP contribution in [0.25, 0.3) is 0 Å². The van der Waals surface area contributed by atoms with Gasteiger partial charge < -0.3 is 9.13 Å². The molecule has 21 heavy (non-hydrogen) atoms. The first kappa shape index (κ1) is 14.4. The molecular weight excluding hydrogens is 260 g/mol. The van der Waals surface area contributed by atoms with Crippen molar-refractivity contribution >= 4 is 0 Å². The first-order chi connectivity index (χ1) is 10.1. The van der Waals surface area contributed by atoms with E-state index < -0.39 is 0 Å². The van der Waals surface area contributed by atoms with E-state index >= 15 is 0 Å². The van der Waals surface area contributed by atoms with E-state index in [2.05, 4.69) is 59.2 Å². The van der Waals surface area contributed by atoms with Crippen LogP contribution in [0.3, 0.4) is 0 Å². The van der Waals surface area contributed by atoms with E-state index in [-0.39, 0.29) is 0 Å². The number of aryl methyl sites for hydroxylation is 1. The fraction of sp³-hybridized carbons (Fsp3) is 0.647. The molecule has 4 heteroatoms. The van der Waals surface area contributed by atoms with Gasteiger partial charge in [-0.1, -0.05) is 6.92 Å². The van der Waals surface area contributed by atoms with Gasteiger partial charge in [-0.2, -0.15) is 0 Å². The van der Waals surface area contributed by atoms with E-state index in [9.17, 15) is 0 Å². The second kappa shape index (κ2) is 5.66. The van der Waals surface area contributed by atoms with Crippen molar-refractivity contribution in [3.63, 3.8) is 0 Å². The fourth-order valence-corrected chi connectivity index (χ4v) is 3.06. The van der Waals surface area contributed by atoms with E-state index in [0.717, 1.165) is 12.3 Å². The molecule has 4 nitrogen and oxygen atoms in total. The topological polar surface area (TPSA) is 35.6 Å². The molecule has 3 unspecified atom stereocenters. The lowest BCUT2D eigenvalue weighted by atomic mass is 10.1. The Morgan fingerprint density at radius 3 is 2.52 bits per heavy atom. The van der Waals surface area contributed by atoms with Crippen LogP contribution in [-0.4, -0.2) is 19.1 Å². The summed E-state index contributed by atoms with van der Waals surface area (Å²) in [6, 6.07) is 1.03. The molecule has 0 bridgehead atoms. The Kier molecular flexibility index (Phi) is 3.87. The molecule has 3 atom stereocenters. The van der Waals surface area contributed by atoms with Crippen molar-refractivity contribution in [2.24, 2.45) is 5.92 Å². The third kappa shape index (κ3) is 3.04. The summed E-state index contributed by atoms with van der Waals surface area (Å²) in [7, 11) is 0. The summed E-state index contributed by atoms with van der Waals surface area (Å²) < 4.78 is 4.47. The minimum absolute atomic E-state index is 0.501. The predicted molar refractivity (Wildman–Crippen MR) is 84.4 cm³/mol. The molecule has 1 fully saturated rings. The Morgan fingerprint density at radius 2 is 1.90 bits per heavy atom. The summed E-state index contributed by atoms with van der Waals surface area (Å²) in [6.07, 6.45) is 11.9. The van der Waals surface area contributed by atoms with Crippen LogP contribution in [0, 0.1) is 5.92 Å². The van der Waals surface area contributed by atoms with E-state index in [1.807, 2.05) is 12.7 Å². The van der Waals surface area contributed by atoms with Crippen LogP contribution in [0.5, 0.6) is 0 Å². The summed E-state index contributed by atoms with van der Waals surface area (Å²) in [4.78, 5) is 9.02. The number of hydrogen-bond acceptors (Lipinski definition) is 2. The molecule has 0 N–H and O–H groups in total. The highest BCUT2D eigenvalue weighted by atomic mass is 15.1. The maximum atomic E-state index is 4.59. The smallest absolute Gasteiger partial charge is 0.0951 e. The number of aromatic nitrogens is 4. The van der Waals surface area contributed by atoms with Crippen molar-refractivity contribution in [3.8, 4) is 0 Å². The minimum atomic E-state index is 0.501. The number of imidazole rings is 2. The molecule has 2 aromatic heterocycles. The maximum Gasteiger partial charge on any atom is 0.0951 e. The van der Waals surface area contributed by atoms with Crippen LogP contribution in [0.15, 0.2) is 25.0 Å². The van der Waals surface area contributed by atoms with Gasteiger partial charge in [0, 0.05) is 30.4 Å². The van der Waals surface area contributed by atoms with Crippen LogP contribution >= 0.6 is 0 Å². The second-order valence-electron chi connectivity index (χ2n) is 6.69. The van der Waals surface area contributed by atoms with Gasteiger partial charge in [-0.25, -0.2) is 9.97 Å². The number of rotatable bonds is 6. The van der Waals surface area contributed by atoms with Gasteiger partial charge in [0.25, 0.3) is 0 Å². The molecule has 0 aliphatic heterocycles. The summed E-state index contributed by atoms with van der Waals surface area (Å²) in [5.41, 5.74) is 2.46. The highest BCUT2D eigenvalue weighted by Crippen LogP contribution is 2.50. The predicted octanol–water partition coefficient (Wildman–Crippen LogP) is 3.98. The van der Waals surface area contributed by atoms with Gasteiger partial charge in [0.2, 0.25) is 0 Å². The molecule has 0 saturated heterocycles. The number of nitrogens with zero attached hydrogens (tertiary/aromatic N) is 4. The fourth-order valence-electron chi connectivity index (χ4n) is 3.06. The zero-order valence-corrected chi connectivity index (χ0v) is 13.5. The van der Waals surface area contributed by atoms with Crippen LogP contribution < -0.4 is 0 Å². The third-order valence-corrected chi connectivity index (χ3v) is 4.69. The van der Waals surface area contributed by atoms with Gasteiger partial charge in [-0.15, -0.1) is 0 Å². The second-order valence-corrected chi connectivity index (χ2v) is 6.69. The van der Waals surface area contributed by atoms with Crippen molar-refractivity contribution in [1.29, 1.82) is 0 Å². The standard InChI is InChI=1S/C17H26N4/c1-5-15-8-21(10-18-15)13(4)6-14-7-16(14)17-9-20(11-19-17)12(2)3/h8-14,16H,5-7H2,1-4H3. The van der Waals surface area contributed by atoms with Crippen LogP contribution in [0.2, 0.25) is 0 Å². The first-order valence-electron chi connectivity index (χ1n) is 8.14. The minimum Gasteiger partial charge on any atom is -0.335 e. The zero-order chi connectivity index (χ0) is 15.0. The highest BCUT2D eigenvalue weighted by Gasteiger charge is 2.40. The van der Waals surface area contributed by atoms with Gasteiger partial charge in [0.05, 0.1) is 24.0 Å². The molecule has 3 rings (SSSR count). The monoisotopic (exact) mass is 286 g/mol. The Bertz CT molecular complexity index is 595. The highest BCUT2D eigenvalue weighted by molar-refractivity contribution is 5.16. The molecule has 0 aromatic carbocycles. The lowest BCUT2D eigenvalue weighted by Gasteiger charge is -2.12. The molecule has 1 aliphatic carbocycles. The molecule has 1 saturated carbocycles. The Labute approximate surface area is 127 Å². The normalized spacial score (nSPS) is 22.7. The van der Waals surface area contributed by atoms with Gasteiger partial charge in [-0.05, 0) is 46.0 Å². The lowest BCUT2D eigenvalue weighted by Crippen LogP contribution is -2.04. The average Bonchev–Trinajstić information content (AvgIpc) is 2.94. The molecule has 1 aliphatic rings. The van der Waals surface area contributed by atoms with E-state index in [1.54, 1.807) is 0 Å². The third-order valence-electron chi connectivity index (χ3n) is 4.69. The maximum absolute atomic E-state index is 4.59. The van der Waals surface area contributed by atoms with Crippen LogP contribution in [0.1, 0.15) is 69.9 Å². The quantitative estimate of drug-likeness (QED) is 0.805. The van der Waals surface area contributed by atoms with Crippen molar-refractivity contribution < 1.29 is 0 Å². The largest absolute Gasteiger partial charge is 0.335 e. The van der Waals surface area contributed by atoms with Gasteiger partial charge in [0.1, 0.15) is 0 Å². The van der Waals surface area contributed by atoms with Crippen LogP contribution in [-0.2, 0) is 6.42 Å². The van der Waals surface area contributed by atoms with E-state index in [4.69, 9.17) is 0 Å². The van der Waals surface area contributed by atoms with E-state index in [1.165, 1.54) is 24.2 Å². The lowest BCUT2D eigenvalue weighted by molar-refractivity contribution is 0.470. The van der Waals surface area contributed by atoms with Crippen molar-refractivity contribution in [2.45, 2.75) is 65.0 Å². The summed E-state index contributed by atoms with van der Waals surface area (Å²) >= 11 is 0. The zero-order valence-electron chi connectivity index (χ0n) is 13.5. The molecule has 0 radical (unpaired) electrons. The molecule has 0 spiro atoms. The summed E-state index contributed by atoms with van der Waals surface area (Å²) in [5, 5.41) is 0. The first-order valence-corrected chi connectivity index (χ1v) is 8.14. The summed E-state index contributed by atoms with van der Waals surface area (Å²) in [5.74, 6) is 1.45. The Morgan fingerprint density at radius 1 is 1.14 bits per heavy atom. The van der Waals surface area contributed by atoms with Gasteiger partial charge in [-0.3, -0.25) is 0 Å². The SMILES string of the molecule is CCc1cn(C(C)CC2CC2c2cn(C(C)C)cn2)cn1. The molecular formula is C17H26N4. The van der Waals surface area contributed by atoms with Crippen molar-refractivity contribution in [3.05, 3.63) is 36.4 Å². The van der Waals surface area contributed by atoms with Gasteiger partial charge >= 0.3 is 0 Å². The number of hydrogen-bond donors (Lipinski definition) is 0. The average molecular weight is 286 g/mol. The Balaban J connectivity index is 1.57. The van der Waals surface area contributed by atoms with Crippen molar-refractivity contribution in [1.82, 2.24) is 19.1 Å². The van der Waals surface area contributed by atoms with E-state index in [0.29, 0.717) is 18.0 Å². The molecule has 2 heterocycles. The molecule has 114 valence electrons. The molecule has 0 amide bonds. The molecule has 2 aromatic rings. The van der Waals surface area contributed by atoms with Crippen LogP contribution in [0.4, 0.5) is 0 Å². The summed E-state index contributed by atoms with van der Waals surface area (Å²) in [6.45, 7) is 8.84. The van der Waals surface area contributed by atoms with Crippen molar-refractivity contribution in [2.75, 3.05) is 0 Å². The van der Waals surface area contributed by atoms with Gasteiger partial charge in [0.15, 0.2) is 0 Å².